The van der Waals surface area contributed by atoms with Crippen molar-refractivity contribution in [1.82, 2.24) is 0 Å². The van der Waals surface area contributed by atoms with Gasteiger partial charge in [-0.15, -0.1) is 0 Å². The zero-order chi connectivity index (χ0) is 8.70. The van der Waals surface area contributed by atoms with Gasteiger partial charge in [0.25, 0.3) is 0 Å². The van der Waals surface area contributed by atoms with Crippen molar-refractivity contribution in [1.29, 1.82) is 0 Å². The van der Waals surface area contributed by atoms with Crippen molar-refractivity contribution < 1.29 is 10.2 Å². The first-order valence-electron chi connectivity index (χ1n) is 4.25. The first kappa shape index (κ1) is 9.01. The molecule has 1 fully saturated rings. The summed E-state index contributed by atoms with van der Waals surface area (Å²) in [6.45, 7) is 6.25. The topological polar surface area (TPSA) is 40.5 Å². The molecule has 1 rings (SSSR count). The van der Waals surface area contributed by atoms with Gasteiger partial charge in [0.1, 0.15) is 0 Å². The van der Waals surface area contributed by atoms with Crippen LogP contribution in [0.2, 0.25) is 0 Å². The minimum atomic E-state index is -0.521. The SMILES string of the molecule is CC1(O)C[C@H](CCO)C1(C)C. The average molecular weight is 158 g/mol. The molecule has 0 aromatic heterocycles. The molecule has 2 nitrogen and oxygen atoms in total. The summed E-state index contributed by atoms with van der Waals surface area (Å²) in [6, 6.07) is 0. The lowest BCUT2D eigenvalue weighted by atomic mass is 9.51. The van der Waals surface area contributed by atoms with E-state index in [0.29, 0.717) is 5.92 Å². The lowest BCUT2D eigenvalue weighted by Gasteiger charge is -2.57. The Hall–Kier alpha value is -0.0800. The normalized spacial score (nSPS) is 41.7. The lowest BCUT2D eigenvalue weighted by Crippen LogP contribution is -2.58. The second-order valence-electron chi connectivity index (χ2n) is 4.41. The highest BCUT2D eigenvalue weighted by Gasteiger charge is 2.55. The Kier molecular flexibility index (Phi) is 2.01. The first-order chi connectivity index (χ1) is 4.92. The fraction of sp³-hybridized carbons (Fsp3) is 1.00. The van der Waals surface area contributed by atoms with E-state index in [1.54, 1.807) is 0 Å². The smallest absolute Gasteiger partial charge is 0.0676 e. The maximum atomic E-state index is 9.76. The molecule has 0 radical (unpaired) electrons. The number of rotatable bonds is 2. The summed E-state index contributed by atoms with van der Waals surface area (Å²) in [5.41, 5.74) is -0.539. The summed E-state index contributed by atoms with van der Waals surface area (Å²) in [6.07, 6.45) is 1.66. The van der Waals surface area contributed by atoms with Gasteiger partial charge in [0.05, 0.1) is 5.60 Å². The molecule has 0 aromatic rings. The van der Waals surface area contributed by atoms with Gasteiger partial charge in [0, 0.05) is 6.61 Å². The molecule has 2 atom stereocenters. The monoisotopic (exact) mass is 158 g/mol. The molecule has 1 saturated carbocycles. The van der Waals surface area contributed by atoms with Gasteiger partial charge in [0.15, 0.2) is 0 Å². The molecular weight excluding hydrogens is 140 g/mol. The molecular formula is C9H18O2. The van der Waals surface area contributed by atoms with Crippen molar-refractivity contribution in [3.05, 3.63) is 0 Å². The molecule has 1 unspecified atom stereocenters. The molecule has 66 valence electrons. The van der Waals surface area contributed by atoms with Crippen LogP contribution in [0.25, 0.3) is 0 Å². The Morgan fingerprint density at radius 3 is 2.18 bits per heavy atom. The summed E-state index contributed by atoms with van der Waals surface area (Å²) >= 11 is 0. The molecule has 11 heavy (non-hydrogen) atoms. The third kappa shape index (κ3) is 1.18. The van der Waals surface area contributed by atoms with E-state index in [1.165, 1.54) is 0 Å². The van der Waals surface area contributed by atoms with Crippen LogP contribution in [0.1, 0.15) is 33.6 Å². The van der Waals surface area contributed by atoms with E-state index in [0.717, 1.165) is 12.8 Å². The van der Waals surface area contributed by atoms with Crippen LogP contribution in [0.15, 0.2) is 0 Å². The van der Waals surface area contributed by atoms with Crippen LogP contribution >= 0.6 is 0 Å². The van der Waals surface area contributed by atoms with E-state index in [-0.39, 0.29) is 12.0 Å². The Morgan fingerprint density at radius 2 is 1.91 bits per heavy atom. The molecule has 0 aromatic carbocycles. The summed E-state index contributed by atoms with van der Waals surface area (Å²) in [4.78, 5) is 0. The third-order valence-electron chi connectivity index (χ3n) is 3.53. The second kappa shape index (κ2) is 2.46. The fourth-order valence-corrected chi connectivity index (χ4v) is 1.93. The van der Waals surface area contributed by atoms with Crippen molar-refractivity contribution in [3.8, 4) is 0 Å². The average Bonchev–Trinajstić information content (AvgIpc) is 1.87. The summed E-state index contributed by atoms with van der Waals surface area (Å²) in [5, 5.41) is 18.5. The Balaban J connectivity index is 2.54. The maximum absolute atomic E-state index is 9.76. The van der Waals surface area contributed by atoms with Crippen LogP contribution in [0, 0.1) is 11.3 Å². The summed E-state index contributed by atoms with van der Waals surface area (Å²) in [7, 11) is 0. The van der Waals surface area contributed by atoms with Gasteiger partial charge in [-0.3, -0.25) is 0 Å². The molecule has 0 amide bonds. The molecule has 0 aliphatic heterocycles. The number of hydrogen-bond donors (Lipinski definition) is 2. The van der Waals surface area contributed by atoms with Crippen molar-refractivity contribution in [3.63, 3.8) is 0 Å². The molecule has 2 N–H and O–H groups in total. The highest BCUT2D eigenvalue weighted by atomic mass is 16.3. The summed E-state index contributed by atoms with van der Waals surface area (Å²) < 4.78 is 0. The van der Waals surface area contributed by atoms with E-state index in [2.05, 4.69) is 13.8 Å². The minimum absolute atomic E-state index is 0.0181. The van der Waals surface area contributed by atoms with Crippen molar-refractivity contribution in [2.24, 2.45) is 11.3 Å². The van der Waals surface area contributed by atoms with Crippen LogP contribution in [0.3, 0.4) is 0 Å². The molecule has 0 saturated heterocycles. The summed E-state index contributed by atoms with van der Waals surface area (Å²) in [5.74, 6) is 0.488. The van der Waals surface area contributed by atoms with Crippen LogP contribution in [-0.2, 0) is 0 Å². The molecule has 1 aliphatic rings. The Labute approximate surface area is 68.2 Å². The number of hydrogen-bond acceptors (Lipinski definition) is 2. The van der Waals surface area contributed by atoms with Crippen molar-refractivity contribution in [2.75, 3.05) is 6.61 Å². The predicted octanol–water partition coefficient (Wildman–Crippen LogP) is 1.17. The number of aliphatic hydroxyl groups is 2. The van der Waals surface area contributed by atoms with Gasteiger partial charge >= 0.3 is 0 Å². The highest BCUT2D eigenvalue weighted by molar-refractivity contribution is 5.05. The molecule has 0 bridgehead atoms. The standard InChI is InChI=1S/C9H18O2/c1-8(2)7(4-5-10)6-9(8,3)11/h7,10-11H,4-6H2,1-3H3/t7-,9?/m0/s1. The molecule has 0 spiro atoms. The second-order valence-corrected chi connectivity index (χ2v) is 4.41. The zero-order valence-corrected chi connectivity index (χ0v) is 7.59. The van der Waals surface area contributed by atoms with Crippen LogP contribution in [0.5, 0.6) is 0 Å². The zero-order valence-electron chi connectivity index (χ0n) is 7.59. The molecule has 2 heteroatoms. The van der Waals surface area contributed by atoms with Crippen LogP contribution < -0.4 is 0 Å². The largest absolute Gasteiger partial charge is 0.396 e. The lowest BCUT2D eigenvalue weighted by molar-refractivity contribution is -0.185. The van der Waals surface area contributed by atoms with Crippen molar-refractivity contribution in [2.45, 2.75) is 39.2 Å². The molecule has 0 heterocycles. The highest BCUT2D eigenvalue weighted by Crippen LogP contribution is 2.55. The van der Waals surface area contributed by atoms with Gasteiger partial charge in [-0.1, -0.05) is 13.8 Å². The van der Waals surface area contributed by atoms with Gasteiger partial charge in [-0.25, -0.2) is 0 Å². The van der Waals surface area contributed by atoms with Crippen molar-refractivity contribution >= 4 is 0 Å². The first-order valence-corrected chi connectivity index (χ1v) is 4.25. The van der Waals surface area contributed by atoms with Gasteiger partial charge < -0.3 is 10.2 Å². The van der Waals surface area contributed by atoms with Gasteiger partial charge in [0.2, 0.25) is 0 Å². The van der Waals surface area contributed by atoms with E-state index < -0.39 is 5.60 Å². The van der Waals surface area contributed by atoms with Gasteiger partial charge in [-0.05, 0) is 31.1 Å². The quantitative estimate of drug-likeness (QED) is 0.633. The fourth-order valence-electron chi connectivity index (χ4n) is 1.93. The third-order valence-corrected chi connectivity index (χ3v) is 3.53. The minimum Gasteiger partial charge on any atom is -0.396 e. The van der Waals surface area contributed by atoms with E-state index in [1.807, 2.05) is 6.92 Å². The maximum Gasteiger partial charge on any atom is 0.0676 e. The van der Waals surface area contributed by atoms with Gasteiger partial charge in [-0.2, -0.15) is 0 Å². The van der Waals surface area contributed by atoms with E-state index >= 15 is 0 Å². The van der Waals surface area contributed by atoms with E-state index in [9.17, 15) is 5.11 Å². The van der Waals surface area contributed by atoms with Crippen LogP contribution in [0.4, 0.5) is 0 Å². The number of aliphatic hydroxyl groups excluding tert-OH is 1. The van der Waals surface area contributed by atoms with E-state index in [4.69, 9.17) is 5.11 Å². The predicted molar refractivity (Wildman–Crippen MR) is 44.2 cm³/mol. The van der Waals surface area contributed by atoms with Crippen LogP contribution in [-0.4, -0.2) is 22.4 Å². The Morgan fingerprint density at radius 1 is 1.36 bits per heavy atom. The Bertz CT molecular complexity index is 150. The molecule has 1 aliphatic carbocycles.